The molecule has 0 fully saturated rings. The molecule has 0 aliphatic carbocycles. The van der Waals surface area contributed by atoms with Crippen LogP contribution in [0.2, 0.25) is 0 Å². The largest absolute Gasteiger partial charge is 0.310 e. The van der Waals surface area contributed by atoms with E-state index in [4.69, 9.17) is 19.9 Å². The van der Waals surface area contributed by atoms with E-state index in [9.17, 15) is 9.59 Å². The van der Waals surface area contributed by atoms with Gasteiger partial charge in [0.1, 0.15) is 0 Å². The van der Waals surface area contributed by atoms with Gasteiger partial charge in [0.2, 0.25) is 0 Å². The van der Waals surface area contributed by atoms with E-state index >= 15 is 0 Å². The summed E-state index contributed by atoms with van der Waals surface area (Å²) in [7, 11) is 3.46. The summed E-state index contributed by atoms with van der Waals surface area (Å²) >= 11 is 0. The van der Waals surface area contributed by atoms with Gasteiger partial charge in [-0.3, -0.25) is 19.6 Å². The fraction of sp³-hybridized carbons (Fsp3) is 0.179. The highest BCUT2D eigenvalue weighted by Crippen LogP contribution is 2.35. The molecule has 0 spiro atoms. The van der Waals surface area contributed by atoms with Crippen molar-refractivity contribution < 1.29 is 9.59 Å². The maximum absolute atomic E-state index is 14.6. The number of hydrogen-bond donors (Lipinski definition) is 0. The maximum atomic E-state index is 14.6. The zero-order chi connectivity index (χ0) is 44.7. The maximum Gasteiger partial charge on any atom is 0.258 e. The molecule has 0 saturated carbocycles. The molecule has 8 aromatic rings. The summed E-state index contributed by atoms with van der Waals surface area (Å²) in [5, 5.41) is 0. The smallest absolute Gasteiger partial charge is 0.258 e. The molecule has 3 heterocycles. The van der Waals surface area contributed by atoms with E-state index in [1.165, 1.54) is 11.1 Å². The third kappa shape index (κ3) is 9.87. The lowest BCUT2D eigenvalue weighted by atomic mass is 9.93. The van der Waals surface area contributed by atoms with E-state index in [2.05, 4.69) is 76.2 Å². The van der Waals surface area contributed by atoms with Gasteiger partial charge in [-0.1, -0.05) is 119 Å². The van der Waals surface area contributed by atoms with Crippen molar-refractivity contribution in [2.75, 3.05) is 23.9 Å². The van der Waals surface area contributed by atoms with Gasteiger partial charge in [-0.05, 0) is 107 Å². The molecule has 0 N–H and O–H groups in total. The third-order valence-electron chi connectivity index (χ3n) is 11.3. The van der Waals surface area contributed by atoms with Crippen molar-refractivity contribution >= 4 is 23.2 Å². The standard InChI is InChI=1S/C56H52N6O2/c1-37(2)26-39-14-12-18-42(28-39)52-24-22-48(35-57-52)61(5)55(63)45-30-44(50-20-10-11-21-51(50)47-33-59-54(60-34-47)41-16-8-7-9-17-41)31-46(32-45)56(64)62(6)49-23-25-53(58-36-49)43-19-13-15-40(29-43)27-38(3)4/h7-25,28-38H,26-27H2,1-6H3. The summed E-state index contributed by atoms with van der Waals surface area (Å²) in [6.07, 6.45) is 9.03. The molecule has 0 unspecified atom stereocenters. The summed E-state index contributed by atoms with van der Waals surface area (Å²) in [6.45, 7) is 8.84. The fourth-order valence-corrected chi connectivity index (χ4v) is 8.01. The normalized spacial score (nSPS) is 11.2. The Hall–Kier alpha value is -7.58. The minimum Gasteiger partial charge on any atom is -0.310 e. The number of anilines is 2. The van der Waals surface area contributed by atoms with Crippen LogP contribution in [0.15, 0.2) is 170 Å². The Labute approximate surface area is 376 Å². The minimum absolute atomic E-state index is 0.286. The highest BCUT2D eigenvalue weighted by molar-refractivity contribution is 6.11. The van der Waals surface area contributed by atoms with E-state index in [1.807, 2.05) is 103 Å². The number of hydrogen-bond acceptors (Lipinski definition) is 6. The number of rotatable bonds is 13. The SMILES string of the molecule is CC(C)Cc1cccc(-c2ccc(N(C)C(=O)c3cc(C(=O)N(C)c4ccc(-c5cccc(CC(C)C)c5)nc4)cc(-c4ccccc4-c4cnc(-c5ccccc5)nc4)c3)cn2)c1. The van der Waals surface area contributed by atoms with Crippen molar-refractivity contribution in [1.82, 2.24) is 19.9 Å². The lowest BCUT2D eigenvalue weighted by Gasteiger charge is -2.21. The highest BCUT2D eigenvalue weighted by atomic mass is 16.2. The van der Waals surface area contributed by atoms with Crippen LogP contribution in [0.4, 0.5) is 11.4 Å². The second-order valence-corrected chi connectivity index (χ2v) is 17.1. The molecular weight excluding hydrogens is 789 g/mol. The van der Waals surface area contributed by atoms with Crippen LogP contribution in [0, 0.1) is 11.8 Å². The molecule has 8 heteroatoms. The van der Waals surface area contributed by atoms with Crippen LogP contribution in [0.25, 0.3) is 56.2 Å². The lowest BCUT2D eigenvalue weighted by molar-refractivity contribution is 0.0992. The van der Waals surface area contributed by atoms with Crippen molar-refractivity contribution in [3.05, 3.63) is 193 Å². The van der Waals surface area contributed by atoms with Gasteiger partial charge >= 0.3 is 0 Å². The zero-order valence-electron chi connectivity index (χ0n) is 37.2. The molecule has 5 aromatic carbocycles. The van der Waals surface area contributed by atoms with E-state index in [-0.39, 0.29) is 11.8 Å². The fourth-order valence-electron chi connectivity index (χ4n) is 8.01. The number of aromatic nitrogens is 4. The number of pyridine rings is 2. The molecule has 0 atom stereocenters. The van der Waals surface area contributed by atoms with Gasteiger partial charge in [-0.25, -0.2) is 9.97 Å². The third-order valence-corrected chi connectivity index (χ3v) is 11.3. The van der Waals surface area contributed by atoms with E-state index in [0.29, 0.717) is 45.7 Å². The first-order valence-electron chi connectivity index (χ1n) is 21.8. The van der Waals surface area contributed by atoms with Gasteiger partial charge in [0.25, 0.3) is 11.8 Å². The number of benzene rings is 5. The number of nitrogens with zero attached hydrogens (tertiary/aromatic N) is 6. The van der Waals surface area contributed by atoms with E-state index in [0.717, 1.165) is 57.6 Å². The minimum atomic E-state index is -0.286. The van der Waals surface area contributed by atoms with Crippen LogP contribution in [0.1, 0.15) is 59.5 Å². The molecule has 0 saturated heterocycles. The summed E-state index contributed by atoms with van der Waals surface area (Å²) in [5.41, 5.74) is 12.3. The van der Waals surface area contributed by atoms with Gasteiger partial charge in [-0.2, -0.15) is 0 Å². The topological polar surface area (TPSA) is 92.2 Å². The predicted octanol–water partition coefficient (Wildman–Crippen LogP) is 12.6. The molecule has 64 heavy (non-hydrogen) atoms. The number of carbonyl (C=O) groups excluding carboxylic acids is 2. The summed E-state index contributed by atoms with van der Waals surface area (Å²) in [5.74, 6) is 1.13. The highest BCUT2D eigenvalue weighted by Gasteiger charge is 2.22. The van der Waals surface area contributed by atoms with Crippen LogP contribution in [-0.4, -0.2) is 45.8 Å². The second-order valence-electron chi connectivity index (χ2n) is 17.1. The average molecular weight is 841 g/mol. The van der Waals surface area contributed by atoms with Crippen molar-refractivity contribution in [2.24, 2.45) is 11.8 Å². The molecule has 0 aliphatic rings. The van der Waals surface area contributed by atoms with Crippen LogP contribution in [0.5, 0.6) is 0 Å². The Bertz CT molecular complexity index is 2760. The molecule has 0 aliphatic heterocycles. The number of amides is 2. The predicted molar refractivity (Wildman–Crippen MR) is 260 cm³/mol. The molecule has 0 radical (unpaired) electrons. The second kappa shape index (κ2) is 19.2. The van der Waals surface area contributed by atoms with Gasteiger partial charge in [0.15, 0.2) is 5.82 Å². The molecule has 0 bridgehead atoms. The summed E-state index contributed by atoms with van der Waals surface area (Å²) in [6, 6.07) is 47.7. The number of carbonyl (C=O) groups is 2. The Balaban J connectivity index is 1.13. The Morgan fingerprint density at radius 2 is 0.891 bits per heavy atom. The Kier molecular flexibility index (Phi) is 12.9. The van der Waals surface area contributed by atoms with Crippen LogP contribution in [0.3, 0.4) is 0 Å². The molecule has 8 nitrogen and oxygen atoms in total. The molecule has 3 aromatic heterocycles. The Morgan fingerprint density at radius 1 is 0.438 bits per heavy atom. The van der Waals surface area contributed by atoms with E-state index in [1.54, 1.807) is 42.4 Å². The lowest BCUT2D eigenvalue weighted by Crippen LogP contribution is -2.29. The average Bonchev–Trinajstić information content (AvgIpc) is 3.33. The summed E-state index contributed by atoms with van der Waals surface area (Å²) < 4.78 is 0. The monoisotopic (exact) mass is 840 g/mol. The molecule has 8 rings (SSSR count). The van der Waals surface area contributed by atoms with Crippen molar-refractivity contribution in [1.29, 1.82) is 0 Å². The van der Waals surface area contributed by atoms with Crippen molar-refractivity contribution in [3.63, 3.8) is 0 Å². The quantitative estimate of drug-likeness (QED) is 0.115. The molecule has 318 valence electrons. The van der Waals surface area contributed by atoms with Gasteiger partial charge in [0.05, 0.1) is 35.2 Å². The van der Waals surface area contributed by atoms with Gasteiger partial charge in [-0.15, -0.1) is 0 Å². The van der Waals surface area contributed by atoms with E-state index < -0.39 is 0 Å². The first-order chi connectivity index (χ1) is 31.0. The van der Waals surface area contributed by atoms with Crippen molar-refractivity contribution in [2.45, 2.75) is 40.5 Å². The van der Waals surface area contributed by atoms with Crippen LogP contribution >= 0.6 is 0 Å². The first-order valence-corrected chi connectivity index (χ1v) is 21.8. The summed E-state index contributed by atoms with van der Waals surface area (Å²) in [4.78, 5) is 51.2. The van der Waals surface area contributed by atoms with Gasteiger partial charge in [0, 0.05) is 59.9 Å². The molecule has 2 amide bonds. The first kappa shape index (κ1) is 43.1. The molecular formula is C56H52N6O2. The Morgan fingerprint density at radius 3 is 1.34 bits per heavy atom. The van der Waals surface area contributed by atoms with Crippen LogP contribution < -0.4 is 9.80 Å². The zero-order valence-corrected chi connectivity index (χ0v) is 37.2. The van der Waals surface area contributed by atoms with Crippen LogP contribution in [-0.2, 0) is 12.8 Å². The van der Waals surface area contributed by atoms with Gasteiger partial charge < -0.3 is 9.80 Å². The van der Waals surface area contributed by atoms with Crippen molar-refractivity contribution in [3.8, 4) is 56.2 Å².